The Hall–Kier alpha value is -3.87. The molecule has 5 aromatic rings. The van der Waals surface area contributed by atoms with Gasteiger partial charge in [0.05, 0.1) is 43.7 Å². The lowest BCUT2D eigenvalue weighted by Crippen LogP contribution is -1.99. The number of pyridine rings is 1. The van der Waals surface area contributed by atoms with Crippen molar-refractivity contribution in [2.45, 2.75) is 0 Å². The summed E-state index contributed by atoms with van der Waals surface area (Å²) in [6.07, 6.45) is 0. The number of nitriles is 1. The maximum Gasteiger partial charge on any atom is 0.203 e. The van der Waals surface area contributed by atoms with E-state index < -0.39 is 0 Å². The molecule has 9 heteroatoms. The number of nitrogens with zero attached hydrogens (tertiary/aromatic N) is 3. The molecule has 184 valence electrons. The van der Waals surface area contributed by atoms with E-state index in [0.717, 1.165) is 25.8 Å². The first-order valence-electron chi connectivity index (χ1n) is 11.1. The van der Waals surface area contributed by atoms with Crippen LogP contribution >= 0.6 is 31.9 Å². The van der Waals surface area contributed by atoms with Crippen LogP contribution in [0.25, 0.3) is 44.7 Å². The third kappa shape index (κ3) is 4.43. The number of H-pyrrole nitrogens is 1. The molecule has 0 aliphatic carbocycles. The summed E-state index contributed by atoms with van der Waals surface area (Å²) in [5.74, 6) is 1.42. The molecule has 0 saturated carbocycles. The number of ether oxygens (including phenoxy) is 3. The third-order valence-corrected chi connectivity index (χ3v) is 7.07. The van der Waals surface area contributed by atoms with E-state index >= 15 is 0 Å². The molecule has 0 bridgehead atoms. The summed E-state index contributed by atoms with van der Waals surface area (Å²) in [7, 11) is 4.68. The molecule has 2 aromatic heterocycles. The lowest BCUT2D eigenvalue weighted by Gasteiger charge is -2.17. The Morgan fingerprint density at radius 1 is 0.784 bits per heavy atom. The van der Waals surface area contributed by atoms with Gasteiger partial charge in [-0.25, -0.2) is 4.98 Å². The maximum absolute atomic E-state index is 10.5. The molecule has 5 rings (SSSR count). The highest BCUT2D eigenvalue weighted by Gasteiger charge is 2.25. The van der Waals surface area contributed by atoms with Crippen molar-refractivity contribution in [3.8, 4) is 57.0 Å². The van der Waals surface area contributed by atoms with E-state index in [4.69, 9.17) is 19.2 Å². The molecule has 1 N–H and O–H groups in total. The molecule has 0 atom stereocenters. The van der Waals surface area contributed by atoms with Crippen LogP contribution in [0.4, 0.5) is 0 Å². The Kier molecular flexibility index (Phi) is 6.87. The van der Waals surface area contributed by atoms with Gasteiger partial charge in [-0.3, -0.25) is 5.10 Å². The third-order valence-electron chi connectivity index (χ3n) is 6.02. The molecule has 3 aromatic carbocycles. The van der Waals surface area contributed by atoms with Crippen molar-refractivity contribution >= 4 is 42.9 Å². The van der Waals surface area contributed by atoms with Crippen LogP contribution in [-0.4, -0.2) is 36.5 Å². The van der Waals surface area contributed by atoms with Gasteiger partial charge in [-0.2, -0.15) is 10.4 Å². The first-order chi connectivity index (χ1) is 18.0. The van der Waals surface area contributed by atoms with E-state index in [1.807, 2.05) is 60.7 Å². The van der Waals surface area contributed by atoms with Crippen molar-refractivity contribution in [3.63, 3.8) is 0 Å². The van der Waals surface area contributed by atoms with Crippen LogP contribution in [0, 0.1) is 11.3 Å². The highest BCUT2D eigenvalue weighted by Crippen LogP contribution is 2.46. The molecule has 0 spiro atoms. The topological polar surface area (TPSA) is 93.1 Å². The standard InChI is InChI=1S/C28H20Br2N4O3/c1-35-21-12-17(13-22(36-2)27(21)37-3)23-20(14-31)25(15-4-8-18(29)9-5-15)32-28-24(23)26(33-34-28)16-6-10-19(30)11-7-16/h4-13H,1-3H3,(H,32,33,34). The van der Waals surface area contributed by atoms with E-state index in [1.165, 1.54) is 0 Å². The van der Waals surface area contributed by atoms with Gasteiger partial charge >= 0.3 is 0 Å². The maximum atomic E-state index is 10.5. The minimum absolute atomic E-state index is 0.406. The summed E-state index contributed by atoms with van der Waals surface area (Å²) in [6.45, 7) is 0. The molecular formula is C28H20Br2N4O3. The van der Waals surface area contributed by atoms with Crippen molar-refractivity contribution in [3.05, 3.63) is 75.2 Å². The normalized spacial score (nSPS) is 10.8. The Morgan fingerprint density at radius 2 is 1.35 bits per heavy atom. The van der Waals surface area contributed by atoms with Crippen LogP contribution < -0.4 is 14.2 Å². The van der Waals surface area contributed by atoms with Gasteiger partial charge in [0.2, 0.25) is 5.75 Å². The van der Waals surface area contributed by atoms with Crippen molar-refractivity contribution in [2.24, 2.45) is 0 Å². The molecule has 0 unspecified atom stereocenters. The Labute approximate surface area is 230 Å². The molecule has 0 radical (unpaired) electrons. The van der Waals surface area contributed by atoms with E-state index in [9.17, 15) is 5.26 Å². The average molecular weight is 620 g/mol. The Morgan fingerprint density at radius 3 is 1.86 bits per heavy atom. The van der Waals surface area contributed by atoms with Crippen LogP contribution in [-0.2, 0) is 0 Å². The fourth-order valence-corrected chi connectivity index (χ4v) is 4.85. The number of aromatic nitrogens is 3. The Bertz CT molecular complexity index is 1630. The molecule has 0 aliphatic heterocycles. The summed E-state index contributed by atoms with van der Waals surface area (Å²) < 4.78 is 18.7. The van der Waals surface area contributed by atoms with Gasteiger partial charge in [0.25, 0.3) is 0 Å². The number of fused-ring (bicyclic) bond motifs is 1. The summed E-state index contributed by atoms with van der Waals surface area (Å²) in [6, 6.07) is 21.6. The van der Waals surface area contributed by atoms with Crippen LogP contribution in [0.1, 0.15) is 5.56 Å². The fraction of sp³-hybridized carbons (Fsp3) is 0.107. The molecule has 0 amide bonds. The number of hydrogen-bond donors (Lipinski definition) is 1. The second kappa shape index (κ2) is 10.2. The van der Waals surface area contributed by atoms with Crippen molar-refractivity contribution in [1.82, 2.24) is 15.2 Å². The number of halogens is 2. The molecule has 0 aliphatic rings. The lowest BCUT2D eigenvalue weighted by atomic mass is 9.91. The van der Waals surface area contributed by atoms with Crippen molar-refractivity contribution in [2.75, 3.05) is 21.3 Å². The summed E-state index contributed by atoms with van der Waals surface area (Å²) in [5, 5.41) is 18.9. The smallest absolute Gasteiger partial charge is 0.203 e. The van der Waals surface area contributed by atoms with E-state index in [-0.39, 0.29) is 0 Å². The monoisotopic (exact) mass is 618 g/mol. The SMILES string of the molecule is COc1cc(-c2c(C#N)c(-c3ccc(Br)cc3)nc3n[nH]c(-c4ccc(Br)cc4)c23)cc(OC)c1OC. The van der Waals surface area contributed by atoms with Gasteiger partial charge in [0, 0.05) is 25.6 Å². The van der Waals surface area contributed by atoms with Gasteiger partial charge < -0.3 is 14.2 Å². The lowest BCUT2D eigenvalue weighted by molar-refractivity contribution is 0.324. The van der Waals surface area contributed by atoms with Crippen LogP contribution in [0.3, 0.4) is 0 Å². The zero-order valence-corrected chi connectivity index (χ0v) is 23.3. The average Bonchev–Trinajstić information content (AvgIpc) is 3.35. The van der Waals surface area contributed by atoms with Gasteiger partial charge in [-0.1, -0.05) is 56.1 Å². The largest absolute Gasteiger partial charge is 0.493 e. The molecular weight excluding hydrogens is 600 g/mol. The summed E-state index contributed by atoms with van der Waals surface area (Å²) in [4.78, 5) is 4.84. The predicted octanol–water partition coefficient (Wildman–Crippen LogP) is 7.38. The molecule has 0 fully saturated rings. The van der Waals surface area contributed by atoms with Crippen LogP contribution in [0.15, 0.2) is 69.6 Å². The Balaban J connectivity index is 1.92. The van der Waals surface area contributed by atoms with E-state index in [2.05, 4.69) is 48.1 Å². The fourth-order valence-electron chi connectivity index (χ4n) is 4.32. The highest BCUT2D eigenvalue weighted by molar-refractivity contribution is 9.10. The van der Waals surface area contributed by atoms with Crippen molar-refractivity contribution in [1.29, 1.82) is 5.26 Å². The van der Waals surface area contributed by atoms with Gasteiger partial charge in [0.15, 0.2) is 17.1 Å². The number of methoxy groups -OCH3 is 3. The number of aromatic amines is 1. The highest BCUT2D eigenvalue weighted by atomic mass is 79.9. The minimum Gasteiger partial charge on any atom is -0.493 e. The van der Waals surface area contributed by atoms with Gasteiger partial charge in [0.1, 0.15) is 6.07 Å². The van der Waals surface area contributed by atoms with Crippen molar-refractivity contribution < 1.29 is 14.2 Å². The van der Waals surface area contributed by atoms with E-state index in [0.29, 0.717) is 50.7 Å². The molecule has 37 heavy (non-hydrogen) atoms. The first-order valence-corrected chi connectivity index (χ1v) is 12.7. The van der Waals surface area contributed by atoms with Gasteiger partial charge in [-0.05, 0) is 42.0 Å². The number of hydrogen-bond acceptors (Lipinski definition) is 6. The number of nitrogens with one attached hydrogen (secondary N) is 1. The molecule has 7 nitrogen and oxygen atoms in total. The van der Waals surface area contributed by atoms with Crippen LogP contribution in [0.5, 0.6) is 17.2 Å². The summed E-state index contributed by atoms with van der Waals surface area (Å²) >= 11 is 6.97. The number of benzene rings is 3. The minimum atomic E-state index is 0.406. The first kappa shape index (κ1) is 24.8. The van der Waals surface area contributed by atoms with Gasteiger partial charge in [-0.15, -0.1) is 0 Å². The second-order valence-corrected chi connectivity index (χ2v) is 9.88. The summed E-state index contributed by atoms with van der Waals surface area (Å²) in [5.41, 5.74) is 5.23. The second-order valence-electron chi connectivity index (χ2n) is 8.05. The molecule has 2 heterocycles. The quantitative estimate of drug-likeness (QED) is 0.213. The van der Waals surface area contributed by atoms with Crippen LogP contribution in [0.2, 0.25) is 0 Å². The number of rotatable bonds is 6. The molecule has 0 saturated heterocycles. The van der Waals surface area contributed by atoms with E-state index in [1.54, 1.807) is 21.3 Å². The zero-order valence-electron chi connectivity index (χ0n) is 20.1. The zero-order chi connectivity index (χ0) is 26.1. The predicted molar refractivity (Wildman–Crippen MR) is 150 cm³/mol.